The molecule has 2 rings (SSSR count). The first-order valence-electron chi connectivity index (χ1n) is 7.33. The molecule has 0 spiro atoms. The van der Waals surface area contributed by atoms with Gasteiger partial charge in [-0.15, -0.1) is 0 Å². The van der Waals surface area contributed by atoms with E-state index in [2.05, 4.69) is 0 Å². The molecule has 1 heterocycles. The molecule has 1 aliphatic rings. The summed E-state index contributed by atoms with van der Waals surface area (Å²) >= 11 is 0. The van der Waals surface area contributed by atoms with Crippen molar-refractivity contribution < 1.29 is 38.6 Å². The number of nitrogens with zero attached hydrogens (tertiary/aromatic N) is 1. The smallest absolute Gasteiger partial charge is 0.303 e. The highest BCUT2D eigenvalue weighted by molar-refractivity contribution is 5.67. The maximum atomic E-state index is 11.3. The van der Waals surface area contributed by atoms with E-state index in [0.717, 1.165) is 0 Å². The minimum atomic E-state index is -1.16. The Labute approximate surface area is 142 Å². The maximum Gasteiger partial charge on any atom is 0.303 e. The number of aliphatic hydroxyl groups is 1. The summed E-state index contributed by atoms with van der Waals surface area (Å²) in [4.78, 5) is 32.7. The third kappa shape index (κ3) is 4.64. The molecule has 4 atom stereocenters. The Kier molecular flexibility index (Phi) is 5.88. The monoisotopic (exact) mass is 355 g/mol. The van der Waals surface area contributed by atoms with Gasteiger partial charge in [0.2, 0.25) is 12.4 Å². The molecule has 1 fully saturated rings. The van der Waals surface area contributed by atoms with Crippen molar-refractivity contribution in [1.82, 2.24) is 0 Å². The normalized spacial score (nSPS) is 25.2. The second-order valence-corrected chi connectivity index (χ2v) is 5.24. The number of nitro benzene ring substituents is 1. The van der Waals surface area contributed by atoms with Gasteiger partial charge in [-0.3, -0.25) is 19.7 Å². The SMILES string of the molecule is CC(=O)O[C@@H]1[C@@H](OC(C)=O)[C@H](Oc2ccc([N+](=O)[O-])cc2)O[C@H]1CO. The second kappa shape index (κ2) is 7.90. The minimum absolute atomic E-state index is 0.123. The van der Waals surface area contributed by atoms with Gasteiger partial charge >= 0.3 is 11.9 Å². The van der Waals surface area contributed by atoms with Gasteiger partial charge in [0.25, 0.3) is 5.69 Å². The first-order valence-corrected chi connectivity index (χ1v) is 7.33. The average molecular weight is 355 g/mol. The highest BCUT2D eigenvalue weighted by Gasteiger charge is 2.50. The molecular formula is C15H17NO9. The van der Waals surface area contributed by atoms with Crippen molar-refractivity contribution in [1.29, 1.82) is 0 Å². The Morgan fingerprint density at radius 1 is 1.16 bits per heavy atom. The van der Waals surface area contributed by atoms with Crippen LogP contribution in [-0.2, 0) is 23.8 Å². The van der Waals surface area contributed by atoms with Crippen LogP contribution < -0.4 is 4.74 Å². The molecule has 136 valence electrons. The fourth-order valence-electron chi connectivity index (χ4n) is 2.36. The molecule has 1 aliphatic heterocycles. The van der Waals surface area contributed by atoms with Crippen LogP contribution in [0.2, 0.25) is 0 Å². The molecule has 1 saturated heterocycles. The van der Waals surface area contributed by atoms with E-state index in [9.17, 15) is 24.8 Å². The lowest BCUT2D eigenvalue weighted by atomic mass is 10.1. The number of rotatable bonds is 6. The molecule has 0 bridgehead atoms. The quantitative estimate of drug-likeness (QED) is 0.441. The van der Waals surface area contributed by atoms with E-state index >= 15 is 0 Å². The van der Waals surface area contributed by atoms with E-state index in [1.54, 1.807) is 0 Å². The van der Waals surface area contributed by atoms with Gasteiger partial charge in [-0.1, -0.05) is 0 Å². The first kappa shape index (κ1) is 18.6. The number of carbonyl (C=O) groups is 2. The van der Waals surface area contributed by atoms with Gasteiger partial charge in [0, 0.05) is 26.0 Å². The molecule has 10 nitrogen and oxygen atoms in total. The van der Waals surface area contributed by atoms with Crippen molar-refractivity contribution in [3.63, 3.8) is 0 Å². The van der Waals surface area contributed by atoms with E-state index in [-0.39, 0.29) is 11.4 Å². The zero-order valence-corrected chi connectivity index (χ0v) is 13.5. The summed E-state index contributed by atoms with van der Waals surface area (Å²) in [5.74, 6) is -1.07. The minimum Gasteiger partial charge on any atom is -0.461 e. The van der Waals surface area contributed by atoms with Crippen molar-refractivity contribution in [2.24, 2.45) is 0 Å². The largest absolute Gasteiger partial charge is 0.461 e. The topological polar surface area (TPSA) is 134 Å². The Hall–Kier alpha value is -2.72. The van der Waals surface area contributed by atoms with E-state index in [4.69, 9.17) is 18.9 Å². The lowest BCUT2D eigenvalue weighted by molar-refractivity contribution is -0.384. The van der Waals surface area contributed by atoms with E-state index in [1.165, 1.54) is 38.1 Å². The molecule has 1 aromatic carbocycles. The van der Waals surface area contributed by atoms with Crippen LogP contribution in [0.25, 0.3) is 0 Å². The van der Waals surface area contributed by atoms with Crippen LogP contribution in [0, 0.1) is 10.1 Å². The summed E-state index contributed by atoms with van der Waals surface area (Å²) in [6.07, 6.45) is -4.26. The van der Waals surface area contributed by atoms with Crippen LogP contribution in [0.15, 0.2) is 24.3 Å². The Morgan fingerprint density at radius 3 is 2.20 bits per heavy atom. The predicted molar refractivity (Wildman–Crippen MR) is 80.6 cm³/mol. The van der Waals surface area contributed by atoms with Crippen molar-refractivity contribution in [3.05, 3.63) is 34.4 Å². The van der Waals surface area contributed by atoms with Gasteiger partial charge in [0.1, 0.15) is 11.9 Å². The van der Waals surface area contributed by atoms with Crippen LogP contribution in [0.5, 0.6) is 5.75 Å². The third-order valence-corrected chi connectivity index (χ3v) is 3.35. The number of hydrogen-bond donors (Lipinski definition) is 1. The molecule has 25 heavy (non-hydrogen) atoms. The number of benzene rings is 1. The number of esters is 2. The number of hydrogen-bond acceptors (Lipinski definition) is 9. The summed E-state index contributed by atoms with van der Waals surface area (Å²) in [5, 5.41) is 20.1. The number of nitro groups is 1. The van der Waals surface area contributed by atoms with Crippen LogP contribution in [-0.4, -0.2) is 53.2 Å². The van der Waals surface area contributed by atoms with Gasteiger partial charge in [0.05, 0.1) is 11.5 Å². The predicted octanol–water partition coefficient (Wildman–Crippen LogP) is 0.554. The maximum absolute atomic E-state index is 11.3. The number of aliphatic hydroxyl groups excluding tert-OH is 1. The number of carbonyl (C=O) groups excluding carboxylic acids is 2. The van der Waals surface area contributed by atoms with Crippen molar-refractivity contribution in [2.75, 3.05) is 6.61 Å². The highest BCUT2D eigenvalue weighted by Crippen LogP contribution is 2.29. The second-order valence-electron chi connectivity index (χ2n) is 5.24. The Morgan fingerprint density at radius 2 is 1.72 bits per heavy atom. The number of ether oxygens (including phenoxy) is 4. The zero-order chi connectivity index (χ0) is 18.6. The Bertz CT molecular complexity index is 645. The van der Waals surface area contributed by atoms with Crippen LogP contribution in [0.1, 0.15) is 13.8 Å². The van der Waals surface area contributed by atoms with Gasteiger partial charge < -0.3 is 24.1 Å². The van der Waals surface area contributed by atoms with E-state index in [0.29, 0.717) is 0 Å². The summed E-state index contributed by atoms with van der Waals surface area (Å²) < 4.78 is 21.2. The van der Waals surface area contributed by atoms with Crippen LogP contribution >= 0.6 is 0 Å². The first-order chi connectivity index (χ1) is 11.8. The molecule has 0 radical (unpaired) electrons. The molecule has 0 aromatic heterocycles. The van der Waals surface area contributed by atoms with Crippen LogP contribution in [0.4, 0.5) is 5.69 Å². The fourth-order valence-corrected chi connectivity index (χ4v) is 2.36. The fraction of sp³-hybridized carbons (Fsp3) is 0.467. The highest BCUT2D eigenvalue weighted by atomic mass is 16.7. The Balaban J connectivity index is 2.19. The molecule has 0 aliphatic carbocycles. The van der Waals surface area contributed by atoms with Gasteiger partial charge in [-0.2, -0.15) is 0 Å². The molecule has 0 unspecified atom stereocenters. The summed E-state index contributed by atoms with van der Waals surface area (Å²) in [6, 6.07) is 5.16. The number of non-ortho nitro benzene ring substituents is 1. The summed E-state index contributed by atoms with van der Waals surface area (Å²) in [5.41, 5.74) is -0.123. The molecule has 1 aromatic rings. The van der Waals surface area contributed by atoms with E-state index < -0.39 is 48.1 Å². The van der Waals surface area contributed by atoms with Gasteiger partial charge in [0.15, 0.2) is 6.10 Å². The zero-order valence-electron chi connectivity index (χ0n) is 13.5. The lowest BCUT2D eigenvalue weighted by Gasteiger charge is -2.23. The molecule has 0 amide bonds. The molecule has 0 saturated carbocycles. The molecular weight excluding hydrogens is 338 g/mol. The standard InChI is InChI=1S/C15H17NO9/c1-8(18)22-13-12(7-17)25-15(14(13)23-9(2)19)24-11-5-3-10(4-6-11)16(20)21/h3-6,12-15,17H,7H2,1-2H3/t12-,13-,14+,15+/m0/s1. The van der Waals surface area contributed by atoms with Crippen LogP contribution in [0.3, 0.4) is 0 Å². The lowest BCUT2D eigenvalue weighted by Crippen LogP contribution is -2.42. The van der Waals surface area contributed by atoms with E-state index in [1.807, 2.05) is 0 Å². The third-order valence-electron chi connectivity index (χ3n) is 3.35. The van der Waals surface area contributed by atoms with Crippen molar-refractivity contribution in [3.8, 4) is 5.75 Å². The molecule has 10 heteroatoms. The van der Waals surface area contributed by atoms with Crippen molar-refractivity contribution >= 4 is 17.6 Å². The van der Waals surface area contributed by atoms with Gasteiger partial charge in [-0.05, 0) is 12.1 Å². The van der Waals surface area contributed by atoms with Crippen molar-refractivity contribution in [2.45, 2.75) is 38.4 Å². The summed E-state index contributed by atoms with van der Waals surface area (Å²) in [7, 11) is 0. The van der Waals surface area contributed by atoms with Gasteiger partial charge in [-0.25, -0.2) is 0 Å². The summed E-state index contributed by atoms with van der Waals surface area (Å²) in [6.45, 7) is 1.85. The average Bonchev–Trinajstić information content (AvgIpc) is 2.84. The molecule has 1 N–H and O–H groups in total.